The van der Waals surface area contributed by atoms with Gasteiger partial charge in [0, 0.05) is 16.9 Å². The molecule has 2 N–H and O–H groups in total. The molecule has 2 aromatic rings. The van der Waals surface area contributed by atoms with E-state index in [4.69, 9.17) is 10.5 Å². The summed E-state index contributed by atoms with van der Waals surface area (Å²) in [6, 6.07) is 4.49. The molecule has 90 valence electrons. The van der Waals surface area contributed by atoms with E-state index in [2.05, 4.69) is 4.98 Å². The summed E-state index contributed by atoms with van der Waals surface area (Å²) >= 11 is 1.42. The Kier molecular flexibility index (Phi) is 3.28. The number of aromatic nitrogens is 1. The van der Waals surface area contributed by atoms with Gasteiger partial charge in [0.05, 0.1) is 12.8 Å². The summed E-state index contributed by atoms with van der Waals surface area (Å²) in [7, 11) is 1.57. The van der Waals surface area contributed by atoms with Crippen LogP contribution in [0.25, 0.3) is 0 Å². The average Bonchev–Trinajstić information content (AvgIpc) is 2.58. The third-order valence-corrected chi connectivity index (χ3v) is 3.49. The van der Waals surface area contributed by atoms with Crippen LogP contribution in [0.5, 0.6) is 5.75 Å². The molecule has 0 amide bonds. The van der Waals surface area contributed by atoms with Gasteiger partial charge in [-0.3, -0.25) is 0 Å². The molecule has 0 bridgehead atoms. The fraction of sp³-hybridized carbons (Fsp3) is 0.250. The maximum absolute atomic E-state index is 13.2. The second-order valence-corrected chi connectivity index (χ2v) is 4.81. The van der Waals surface area contributed by atoms with Gasteiger partial charge >= 0.3 is 0 Å². The number of nitrogens with two attached hydrogens (primary N) is 1. The lowest BCUT2D eigenvalue weighted by molar-refractivity contribution is 0.409. The number of anilines is 1. The van der Waals surface area contributed by atoms with Crippen molar-refractivity contribution in [3.63, 3.8) is 0 Å². The van der Waals surface area contributed by atoms with Crippen LogP contribution in [0, 0.1) is 12.7 Å². The molecule has 0 saturated heterocycles. The Morgan fingerprint density at radius 3 is 2.82 bits per heavy atom. The van der Waals surface area contributed by atoms with E-state index in [9.17, 15) is 4.39 Å². The molecular formula is C12H13FN2OS. The summed E-state index contributed by atoms with van der Waals surface area (Å²) in [6.07, 6.45) is 0.585. The molecule has 1 aromatic carbocycles. The Hall–Kier alpha value is -1.62. The lowest BCUT2D eigenvalue weighted by atomic mass is 10.1. The van der Waals surface area contributed by atoms with Crippen molar-refractivity contribution >= 4 is 16.5 Å². The van der Waals surface area contributed by atoms with Gasteiger partial charge in [0.1, 0.15) is 11.6 Å². The third kappa shape index (κ3) is 2.55. The van der Waals surface area contributed by atoms with Gasteiger partial charge in [0.15, 0.2) is 5.13 Å². The van der Waals surface area contributed by atoms with Crippen LogP contribution < -0.4 is 10.5 Å². The minimum absolute atomic E-state index is 0.268. The molecule has 0 fully saturated rings. The monoisotopic (exact) mass is 252 g/mol. The van der Waals surface area contributed by atoms with Gasteiger partial charge in [0.25, 0.3) is 0 Å². The van der Waals surface area contributed by atoms with E-state index >= 15 is 0 Å². The molecule has 0 unspecified atom stereocenters. The summed E-state index contributed by atoms with van der Waals surface area (Å²) in [5, 5.41) is 0.535. The third-order valence-electron chi connectivity index (χ3n) is 2.50. The Labute approximate surface area is 103 Å². The molecule has 0 aliphatic carbocycles. The first-order valence-corrected chi connectivity index (χ1v) is 5.96. The predicted octanol–water partition coefficient (Wildman–Crippen LogP) is 2.77. The summed E-state index contributed by atoms with van der Waals surface area (Å²) in [4.78, 5) is 5.18. The topological polar surface area (TPSA) is 48.1 Å². The highest BCUT2D eigenvalue weighted by Gasteiger charge is 2.10. The first-order chi connectivity index (χ1) is 8.10. The Morgan fingerprint density at radius 2 is 2.24 bits per heavy atom. The molecule has 1 heterocycles. The molecule has 0 aliphatic heterocycles. The lowest BCUT2D eigenvalue weighted by Crippen LogP contribution is -1.94. The van der Waals surface area contributed by atoms with E-state index in [1.54, 1.807) is 13.2 Å². The summed E-state index contributed by atoms with van der Waals surface area (Å²) in [6.45, 7) is 1.90. The van der Waals surface area contributed by atoms with Crippen LogP contribution >= 0.6 is 11.3 Å². The van der Waals surface area contributed by atoms with Crippen LogP contribution in [0.15, 0.2) is 18.2 Å². The number of halogens is 1. The highest BCUT2D eigenvalue weighted by Crippen LogP contribution is 2.27. The van der Waals surface area contributed by atoms with Crippen LogP contribution in [0.4, 0.5) is 9.52 Å². The molecule has 0 aliphatic rings. The number of nitrogens with zero attached hydrogens (tertiary/aromatic N) is 1. The smallest absolute Gasteiger partial charge is 0.180 e. The second kappa shape index (κ2) is 4.71. The maximum Gasteiger partial charge on any atom is 0.180 e. The number of rotatable bonds is 3. The average molecular weight is 252 g/mol. The fourth-order valence-corrected chi connectivity index (χ4v) is 2.53. The maximum atomic E-state index is 13.2. The van der Waals surface area contributed by atoms with Crippen LogP contribution in [0.1, 0.15) is 16.1 Å². The molecule has 2 rings (SSSR count). The number of thiazole rings is 1. The number of nitrogen functional groups attached to an aromatic ring is 1. The van der Waals surface area contributed by atoms with E-state index in [0.29, 0.717) is 17.3 Å². The summed E-state index contributed by atoms with van der Waals surface area (Å²) in [5.74, 6) is 0.411. The zero-order valence-corrected chi connectivity index (χ0v) is 10.5. The number of ether oxygens (including phenoxy) is 1. The minimum Gasteiger partial charge on any atom is -0.496 e. The van der Waals surface area contributed by atoms with Crippen molar-refractivity contribution < 1.29 is 9.13 Å². The molecule has 0 spiro atoms. The van der Waals surface area contributed by atoms with Crippen molar-refractivity contribution in [3.8, 4) is 5.75 Å². The van der Waals surface area contributed by atoms with E-state index in [1.165, 1.54) is 23.5 Å². The van der Waals surface area contributed by atoms with Crippen molar-refractivity contribution in [2.75, 3.05) is 12.8 Å². The zero-order chi connectivity index (χ0) is 12.4. The first-order valence-electron chi connectivity index (χ1n) is 5.14. The van der Waals surface area contributed by atoms with E-state index in [-0.39, 0.29) is 5.82 Å². The molecule has 0 radical (unpaired) electrons. The van der Waals surface area contributed by atoms with Crippen molar-refractivity contribution in [3.05, 3.63) is 40.2 Å². The molecule has 3 nitrogen and oxygen atoms in total. The van der Waals surface area contributed by atoms with Crippen molar-refractivity contribution in [2.24, 2.45) is 0 Å². The first kappa shape index (κ1) is 11.9. The highest BCUT2D eigenvalue weighted by atomic mass is 32.1. The Bertz CT molecular complexity index is 539. The van der Waals surface area contributed by atoms with Crippen molar-refractivity contribution in [2.45, 2.75) is 13.3 Å². The van der Waals surface area contributed by atoms with Gasteiger partial charge in [-0.15, -0.1) is 11.3 Å². The van der Waals surface area contributed by atoms with Crippen LogP contribution in [-0.4, -0.2) is 12.1 Å². The number of hydrogen-bond acceptors (Lipinski definition) is 4. The minimum atomic E-state index is -0.268. The molecule has 0 saturated carbocycles. The second-order valence-electron chi connectivity index (χ2n) is 3.69. The largest absolute Gasteiger partial charge is 0.496 e. The standard InChI is InChI=1S/C12H13FN2OS/c1-7-11(17-12(14)15-7)6-8-5-9(13)3-4-10(8)16-2/h3-5H,6H2,1-2H3,(H2,14,15). The van der Waals surface area contributed by atoms with Crippen LogP contribution in [-0.2, 0) is 6.42 Å². The van der Waals surface area contributed by atoms with Gasteiger partial charge in [-0.05, 0) is 25.1 Å². The SMILES string of the molecule is COc1ccc(F)cc1Cc1sc(N)nc1C. The molecule has 0 atom stereocenters. The van der Waals surface area contributed by atoms with E-state index in [0.717, 1.165) is 16.1 Å². The normalized spacial score (nSPS) is 10.5. The Balaban J connectivity index is 2.35. The van der Waals surface area contributed by atoms with E-state index < -0.39 is 0 Å². The predicted molar refractivity (Wildman–Crippen MR) is 67.0 cm³/mol. The highest BCUT2D eigenvalue weighted by molar-refractivity contribution is 7.15. The zero-order valence-electron chi connectivity index (χ0n) is 9.66. The quantitative estimate of drug-likeness (QED) is 0.913. The Morgan fingerprint density at radius 1 is 1.47 bits per heavy atom. The van der Waals surface area contributed by atoms with Crippen LogP contribution in [0.3, 0.4) is 0 Å². The summed E-state index contributed by atoms with van der Waals surface area (Å²) in [5.41, 5.74) is 7.33. The molecule has 1 aromatic heterocycles. The van der Waals surface area contributed by atoms with Gasteiger partial charge in [-0.25, -0.2) is 9.37 Å². The number of hydrogen-bond donors (Lipinski definition) is 1. The number of benzene rings is 1. The van der Waals surface area contributed by atoms with Crippen LogP contribution in [0.2, 0.25) is 0 Å². The van der Waals surface area contributed by atoms with Gasteiger partial charge in [0.2, 0.25) is 0 Å². The number of methoxy groups -OCH3 is 1. The van der Waals surface area contributed by atoms with Gasteiger partial charge < -0.3 is 10.5 Å². The fourth-order valence-electron chi connectivity index (χ4n) is 1.67. The lowest BCUT2D eigenvalue weighted by Gasteiger charge is -2.07. The molecular weight excluding hydrogens is 239 g/mol. The van der Waals surface area contributed by atoms with Crippen molar-refractivity contribution in [1.29, 1.82) is 0 Å². The molecule has 5 heteroatoms. The summed E-state index contributed by atoms with van der Waals surface area (Å²) < 4.78 is 18.4. The van der Waals surface area contributed by atoms with Gasteiger partial charge in [-0.1, -0.05) is 0 Å². The van der Waals surface area contributed by atoms with Gasteiger partial charge in [-0.2, -0.15) is 0 Å². The van der Waals surface area contributed by atoms with Crippen molar-refractivity contribution in [1.82, 2.24) is 4.98 Å². The number of aryl methyl sites for hydroxylation is 1. The van der Waals surface area contributed by atoms with E-state index in [1.807, 2.05) is 6.92 Å². The molecule has 17 heavy (non-hydrogen) atoms.